The molecule has 1 aliphatic rings. The minimum Gasteiger partial charge on any atom is -0.480 e. The molecule has 0 aromatic heterocycles. The van der Waals surface area contributed by atoms with Crippen molar-refractivity contribution in [3.63, 3.8) is 0 Å². The summed E-state index contributed by atoms with van der Waals surface area (Å²) in [5.74, 6) is -1.21. The van der Waals surface area contributed by atoms with Crippen LogP contribution in [0.2, 0.25) is 0 Å². The van der Waals surface area contributed by atoms with Gasteiger partial charge in [-0.2, -0.15) is 13.2 Å². The molecule has 1 aliphatic heterocycles. The number of carbonyl (C=O) groups is 1. The standard InChI is InChI=1S/C13H14F3NO2/c1-12(13(14,15)16)7-10(11(18)19)17(12)8-9-5-3-2-4-6-9/h2-6,10H,7-8H2,1H3,(H,18,19). The fourth-order valence-electron chi connectivity index (χ4n) is 2.40. The predicted molar refractivity (Wildman–Crippen MR) is 62.5 cm³/mol. The average molecular weight is 273 g/mol. The van der Waals surface area contributed by atoms with Gasteiger partial charge in [-0.3, -0.25) is 9.69 Å². The van der Waals surface area contributed by atoms with Gasteiger partial charge >= 0.3 is 12.1 Å². The third-order valence-corrected chi connectivity index (χ3v) is 3.69. The third-order valence-electron chi connectivity index (χ3n) is 3.69. The Morgan fingerprint density at radius 2 is 2.00 bits per heavy atom. The van der Waals surface area contributed by atoms with Crippen LogP contribution in [0.1, 0.15) is 18.9 Å². The van der Waals surface area contributed by atoms with Crippen molar-refractivity contribution in [3.05, 3.63) is 35.9 Å². The largest absolute Gasteiger partial charge is 0.480 e. The lowest BCUT2D eigenvalue weighted by molar-refractivity contribution is -0.278. The van der Waals surface area contributed by atoms with E-state index in [4.69, 9.17) is 5.11 Å². The maximum absolute atomic E-state index is 13.0. The Balaban J connectivity index is 2.24. The zero-order valence-corrected chi connectivity index (χ0v) is 10.3. The van der Waals surface area contributed by atoms with Gasteiger partial charge in [-0.15, -0.1) is 0 Å². The summed E-state index contributed by atoms with van der Waals surface area (Å²) in [6, 6.07) is 7.50. The van der Waals surface area contributed by atoms with E-state index in [1.54, 1.807) is 30.3 Å². The molecule has 1 aromatic carbocycles. The van der Waals surface area contributed by atoms with Gasteiger partial charge < -0.3 is 5.11 Å². The molecule has 0 bridgehead atoms. The normalized spacial score (nSPS) is 27.9. The van der Waals surface area contributed by atoms with Crippen molar-refractivity contribution in [1.29, 1.82) is 0 Å². The van der Waals surface area contributed by atoms with Crippen molar-refractivity contribution in [1.82, 2.24) is 4.90 Å². The van der Waals surface area contributed by atoms with Crippen LogP contribution in [0.15, 0.2) is 30.3 Å². The van der Waals surface area contributed by atoms with E-state index >= 15 is 0 Å². The first-order chi connectivity index (χ1) is 8.75. The number of likely N-dealkylation sites (tertiary alicyclic amines) is 1. The Morgan fingerprint density at radius 3 is 2.47 bits per heavy atom. The maximum Gasteiger partial charge on any atom is 0.406 e. The maximum atomic E-state index is 13.0. The smallest absolute Gasteiger partial charge is 0.406 e. The van der Waals surface area contributed by atoms with Crippen molar-refractivity contribution in [2.75, 3.05) is 0 Å². The highest BCUT2D eigenvalue weighted by molar-refractivity contribution is 5.75. The number of aliphatic carboxylic acids is 1. The molecular weight excluding hydrogens is 259 g/mol. The number of hydrogen-bond acceptors (Lipinski definition) is 2. The van der Waals surface area contributed by atoms with E-state index in [2.05, 4.69) is 0 Å². The summed E-state index contributed by atoms with van der Waals surface area (Å²) in [5, 5.41) is 8.97. The number of carboxylic acids is 1. The van der Waals surface area contributed by atoms with Gasteiger partial charge in [0, 0.05) is 13.0 Å². The average Bonchev–Trinajstić information content (AvgIpc) is 2.32. The number of nitrogens with zero attached hydrogens (tertiary/aromatic N) is 1. The van der Waals surface area contributed by atoms with Crippen molar-refractivity contribution < 1.29 is 23.1 Å². The van der Waals surface area contributed by atoms with Crippen LogP contribution in [-0.2, 0) is 11.3 Å². The summed E-state index contributed by atoms with van der Waals surface area (Å²) in [7, 11) is 0. The van der Waals surface area contributed by atoms with E-state index in [-0.39, 0.29) is 6.54 Å². The molecule has 2 unspecified atom stereocenters. The minimum atomic E-state index is -4.44. The topological polar surface area (TPSA) is 40.5 Å². The first-order valence-corrected chi connectivity index (χ1v) is 5.86. The zero-order chi connectivity index (χ0) is 14.3. The molecule has 2 rings (SSSR count). The van der Waals surface area contributed by atoms with Gasteiger partial charge in [-0.1, -0.05) is 30.3 Å². The van der Waals surface area contributed by atoms with Gasteiger partial charge in [-0.05, 0) is 12.5 Å². The number of carboxylic acid groups (broad SMARTS) is 1. The van der Waals surface area contributed by atoms with E-state index in [0.717, 1.165) is 11.8 Å². The molecule has 0 aliphatic carbocycles. The molecule has 0 saturated carbocycles. The molecule has 2 atom stereocenters. The number of alkyl halides is 3. The molecule has 1 heterocycles. The third kappa shape index (κ3) is 2.32. The monoisotopic (exact) mass is 273 g/mol. The quantitative estimate of drug-likeness (QED) is 0.920. The summed E-state index contributed by atoms with van der Waals surface area (Å²) in [5.41, 5.74) is -1.39. The molecule has 0 radical (unpaired) electrons. The molecule has 1 saturated heterocycles. The number of rotatable bonds is 3. The second kappa shape index (κ2) is 4.52. The van der Waals surface area contributed by atoms with Gasteiger partial charge in [0.1, 0.15) is 11.6 Å². The van der Waals surface area contributed by atoms with E-state index in [1.165, 1.54) is 0 Å². The van der Waals surface area contributed by atoms with Crippen LogP contribution >= 0.6 is 0 Å². The highest BCUT2D eigenvalue weighted by atomic mass is 19.4. The second-order valence-corrected chi connectivity index (χ2v) is 4.94. The molecule has 0 amide bonds. The molecule has 0 spiro atoms. The highest BCUT2D eigenvalue weighted by Gasteiger charge is 2.65. The molecule has 19 heavy (non-hydrogen) atoms. The van der Waals surface area contributed by atoms with Crippen LogP contribution in [0.25, 0.3) is 0 Å². The Kier molecular flexibility index (Phi) is 3.30. The summed E-state index contributed by atoms with van der Waals surface area (Å²) in [6.07, 6.45) is -4.84. The Hall–Kier alpha value is -1.56. The van der Waals surface area contributed by atoms with Crippen LogP contribution in [0.3, 0.4) is 0 Å². The van der Waals surface area contributed by atoms with E-state index in [1.807, 2.05) is 0 Å². The lowest BCUT2D eigenvalue weighted by atomic mass is 9.78. The second-order valence-electron chi connectivity index (χ2n) is 4.94. The van der Waals surface area contributed by atoms with Crippen LogP contribution in [0, 0.1) is 0 Å². The minimum absolute atomic E-state index is 0.0200. The number of benzene rings is 1. The number of halogens is 3. The fourth-order valence-corrected chi connectivity index (χ4v) is 2.40. The van der Waals surface area contributed by atoms with Crippen LogP contribution in [0.4, 0.5) is 13.2 Å². The predicted octanol–water partition coefficient (Wildman–Crippen LogP) is 2.67. The summed E-state index contributed by atoms with van der Waals surface area (Å²) in [6.45, 7) is 1.03. The Labute approximate surface area is 108 Å². The van der Waals surface area contributed by atoms with Gasteiger partial charge in [0.2, 0.25) is 0 Å². The zero-order valence-electron chi connectivity index (χ0n) is 10.3. The van der Waals surface area contributed by atoms with Gasteiger partial charge in [-0.25, -0.2) is 0 Å². The van der Waals surface area contributed by atoms with E-state index < -0.39 is 30.1 Å². The molecule has 1 fully saturated rings. The lowest BCUT2D eigenvalue weighted by Gasteiger charge is -2.55. The highest BCUT2D eigenvalue weighted by Crippen LogP contribution is 2.48. The van der Waals surface area contributed by atoms with Crippen LogP contribution in [0.5, 0.6) is 0 Å². The molecular formula is C13H14F3NO2. The summed E-state index contributed by atoms with van der Waals surface area (Å²) in [4.78, 5) is 12.0. The lowest BCUT2D eigenvalue weighted by Crippen LogP contribution is -2.72. The molecule has 1 aromatic rings. The van der Waals surface area contributed by atoms with Crippen molar-refractivity contribution in [2.24, 2.45) is 0 Å². The fraction of sp³-hybridized carbons (Fsp3) is 0.462. The SMILES string of the molecule is CC1(C(F)(F)F)CC(C(=O)O)N1Cc1ccccc1. The first kappa shape index (κ1) is 13.9. The van der Waals surface area contributed by atoms with E-state index in [0.29, 0.717) is 5.56 Å². The van der Waals surface area contributed by atoms with Crippen LogP contribution in [-0.4, -0.2) is 33.7 Å². The van der Waals surface area contributed by atoms with Crippen LogP contribution < -0.4 is 0 Å². The van der Waals surface area contributed by atoms with Crippen molar-refractivity contribution in [3.8, 4) is 0 Å². The van der Waals surface area contributed by atoms with Gasteiger partial charge in [0.05, 0.1) is 0 Å². The van der Waals surface area contributed by atoms with Gasteiger partial charge in [0.25, 0.3) is 0 Å². The summed E-state index contributed by atoms with van der Waals surface area (Å²) >= 11 is 0. The first-order valence-electron chi connectivity index (χ1n) is 5.86. The van der Waals surface area contributed by atoms with Crippen molar-refractivity contribution >= 4 is 5.97 Å². The molecule has 6 heteroatoms. The molecule has 3 nitrogen and oxygen atoms in total. The Morgan fingerprint density at radius 1 is 1.42 bits per heavy atom. The number of hydrogen-bond donors (Lipinski definition) is 1. The molecule has 104 valence electrons. The van der Waals surface area contributed by atoms with Crippen molar-refractivity contribution in [2.45, 2.75) is 37.6 Å². The summed E-state index contributed by atoms with van der Waals surface area (Å²) < 4.78 is 39.1. The molecule has 1 N–H and O–H groups in total. The van der Waals surface area contributed by atoms with E-state index in [9.17, 15) is 18.0 Å². The van der Waals surface area contributed by atoms with Gasteiger partial charge in [0.15, 0.2) is 0 Å². The Bertz CT molecular complexity index is 475.